The molecule has 1 rings (SSSR count). The van der Waals surface area contributed by atoms with Gasteiger partial charge in [-0.3, -0.25) is 4.79 Å². The predicted octanol–water partition coefficient (Wildman–Crippen LogP) is 0.531. The van der Waals surface area contributed by atoms with Gasteiger partial charge in [0, 0.05) is 12.4 Å². The van der Waals surface area contributed by atoms with E-state index in [0.29, 0.717) is 0 Å². The standard InChI is InChI=1S/C5H11NO2.C4H4N2/c1-3(2)4(6)5(7)8;1-2-5-4-6-3-1/h3-4H,6H2,1-2H3,(H,7,8);1-4H/t4-;/m0./s1. The minimum Gasteiger partial charge on any atom is -0.480 e. The molecule has 0 aliphatic rings. The molecule has 0 amide bonds. The van der Waals surface area contributed by atoms with Gasteiger partial charge in [-0.1, -0.05) is 13.8 Å². The zero-order chi connectivity index (χ0) is 11.0. The van der Waals surface area contributed by atoms with Crippen LogP contribution in [-0.4, -0.2) is 27.1 Å². The zero-order valence-electron chi connectivity index (χ0n) is 8.29. The number of aliphatic carboxylic acids is 1. The summed E-state index contributed by atoms with van der Waals surface area (Å²) in [6.07, 6.45) is 4.88. The van der Waals surface area contributed by atoms with E-state index in [0.717, 1.165) is 0 Å². The molecule has 0 bridgehead atoms. The van der Waals surface area contributed by atoms with Crippen molar-refractivity contribution in [3.8, 4) is 0 Å². The van der Waals surface area contributed by atoms with Crippen molar-refractivity contribution in [2.45, 2.75) is 19.9 Å². The van der Waals surface area contributed by atoms with Crippen molar-refractivity contribution in [2.24, 2.45) is 11.7 Å². The Bertz CT molecular complexity index is 225. The van der Waals surface area contributed by atoms with E-state index in [1.807, 2.05) is 0 Å². The number of aromatic nitrogens is 2. The lowest BCUT2D eigenvalue weighted by Gasteiger charge is -2.07. The third kappa shape index (κ3) is 6.07. The van der Waals surface area contributed by atoms with Gasteiger partial charge in [0.05, 0.1) is 0 Å². The highest BCUT2D eigenvalue weighted by molar-refractivity contribution is 5.73. The average molecular weight is 197 g/mol. The molecule has 1 aromatic rings. The summed E-state index contributed by atoms with van der Waals surface area (Å²) in [6.45, 7) is 3.55. The number of nitrogens with zero attached hydrogens (tertiary/aromatic N) is 2. The molecule has 5 heteroatoms. The van der Waals surface area contributed by atoms with Crippen LogP contribution in [0.5, 0.6) is 0 Å². The predicted molar refractivity (Wildman–Crippen MR) is 52.5 cm³/mol. The Hall–Kier alpha value is -1.49. The van der Waals surface area contributed by atoms with Crippen LogP contribution < -0.4 is 5.73 Å². The van der Waals surface area contributed by atoms with E-state index in [1.54, 1.807) is 32.3 Å². The normalized spacial score (nSPS) is 11.4. The summed E-state index contributed by atoms with van der Waals surface area (Å²) in [5, 5.41) is 8.23. The second-order valence-electron chi connectivity index (χ2n) is 3.01. The Balaban J connectivity index is 0.000000249. The van der Waals surface area contributed by atoms with Gasteiger partial charge < -0.3 is 10.8 Å². The largest absolute Gasteiger partial charge is 0.480 e. The van der Waals surface area contributed by atoms with Crippen LogP contribution in [0.3, 0.4) is 0 Å². The molecule has 0 unspecified atom stereocenters. The fourth-order valence-electron chi connectivity index (χ4n) is 0.538. The van der Waals surface area contributed by atoms with Crippen molar-refractivity contribution in [1.82, 2.24) is 9.97 Å². The van der Waals surface area contributed by atoms with Gasteiger partial charge in [-0.2, -0.15) is 0 Å². The molecule has 78 valence electrons. The number of hydrogen-bond donors (Lipinski definition) is 2. The average Bonchev–Trinajstić information content (AvgIpc) is 2.20. The fraction of sp³-hybridized carbons (Fsp3) is 0.444. The molecule has 0 aliphatic carbocycles. The number of hydrogen-bond acceptors (Lipinski definition) is 4. The van der Waals surface area contributed by atoms with Gasteiger partial charge in [0.2, 0.25) is 0 Å². The first-order chi connectivity index (χ1) is 6.55. The second-order valence-corrected chi connectivity index (χ2v) is 3.01. The van der Waals surface area contributed by atoms with E-state index >= 15 is 0 Å². The Morgan fingerprint density at radius 2 is 1.86 bits per heavy atom. The highest BCUT2D eigenvalue weighted by Gasteiger charge is 2.14. The number of carboxylic acids is 1. The molecule has 0 saturated carbocycles. The quantitative estimate of drug-likeness (QED) is 0.721. The zero-order valence-corrected chi connectivity index (χ0v) is 8.29. The Morgan fingerprint density at radius 3 is 1.93 bits per heavy atom. The van der Waals surface area contributed by atoms with E-state index in [2.05, 4.69) is 9.97 Å². The topological polar surface area (TPSA) is 89.1 Å². The van der Waals surface area contributed by atoms with Gasteiger partial charge in [-0.05, 0) is 12.0 Å². The molecule has 3 N–H and O–H groups in total. The van der Waals surface area contributed by atoms with E-state index in [1.165, 1.54) is 6.33 Å². The van der Waals surface area contributed by atoms with Crippen molar-refractivity contribution in [3.63, 3.8) is 0 Å². The Morgan fingerprint density at radius 1 is 1.36 bits per heavy atom. The van der Waals surface area contributed by atoms with Crippen LogP contribution in [0.1, 0.15) is 13.8 Å². The molecule has 0 aromatic carbocycles. The van der Waals surface area contributed by atoms with E-state index in [9.17, 15) is 4.79 Å². The SMILES string of the molecule is CC(C)[C@H](N)C(=O)O.c1cncnc1. The third-order valence-corrected chi connectivity index (χ3v) is 1.48. The minimum atomic E-state index is -0.931. The van der Waals surface area contributed by atoms with Gasteiger partial charge >= 0.3 is 5.97 Å². The molecule has 0 saturated heterocycles. The maximum Gasteiger partial charge on any atom is 0.320 e. The molecule has 14 heavy (non-hydrogen) atoms. The monoisotopic (exact) mass is 197 g/mol. The lowest BCUT2D eigenvalue weighted by molar-refractivity contribution is -0.139. The molecule has 1 atom stereocenters. The lowest BCUT2D eigenvalue weighted by Crippen LogP contribution is -2.34. The summed E-state index contributed by atoms with van der Waals surface area (Å²) in [5.74, 6) is -0.910. The van der Waals surface area contributed by atoms with Crippen LogP contribution in [-0.2, 0) is 4.79 Å². The lowest BCUT2D eigenvalue weighted by atomic mass is 10.1. The fourth-order valence-corrected chi connectivity index (χ4v) is 0.538. The van der Waals surface area contributed by atoms with Crippen LogP contribution >= 0.6 is 0 Å². The summed E-state index contributed by atoms with van der Waals surface area (Å²) in [5.41, 5.74) is 5.16. The van der Waals surface area contributed by atoms with Gasteiger partial charge in [-0.25, -0.2) is 9.97 Å². The summed E-state index contributed by atoms with van der Waals surface area (Å²) < 4.78 is 0. The van der Waals surface area contributed by atoms with Gasteiger partial charge in [0.1, 0.15) is 12.4 Å². The summed E-state index contributed by atoms with van der Waals surface area (Å²) >= 11 is 0. The van der Waals surface area contributed by atoms with Crippen molar-refractivity contribution in [1.29, 1.82) is 0 Å². The maximum absolute atomic E-state index is 10.0. The van der Waals surface area contributed by atoms with Crippen LogP contribution in [0.2, 0.25) is 0 Å². The Kier molecular flexibility index (Phi) is 6.22. The molecule has 5 nitrogen and oxygen atoms in total. The van der Waals surface area contributed by atoms with Crippen molar-refractivity contribution in [3.05, 3.63) is 24.8 Å². The van der Waals surface area contributed by atoms with Crippen LogP contribution in [0, 0.1) is 5.92 Å². The molecule has 0 fully saturated rings. The van der Waals surface area contributed by atoms with E-state index in [4.69, 9.17) is 10.8 Å². The molecule has 0 radical (unpaired) electrons. The molecule has 1 aromatic heterocycles. The summed E-state index contributed by atoms with van der Waals surface area (Å²) in [6, 6.07) is 1.06. The van der Waals surface area contributed by atoms with Crippen LogP contribution in [0.25, 0.3) is 0 Å². The number of carbonyl (C=O) groups is 1. The number of rotatable bonds is 2. The molecular weight excluding hydrogens is 182 g/mol. The first-order valence-electron chi connectivity index (χ1n) is 4.24. The molecule has 1 heterocycles. The van der Waals surface area contributed by atoms with Crippen LogP contribution in [0.4, 0.5) is 0 Å². The summed E-state index contributed by atoms with van der Waals surface area (Å²) in [4.78, 5) is 17.4. The smallest absolute Gasteiger partial charge is 0.320 e. The molecule has 0 aliphatic heterocycles. The number of nitrogens with two attached hydrogens (primary N) is 1. The Labute approximate surface area is 83.0 Å². The highest BCUT2D eigenvalue weighted by Crippen LogP contribution is 1.96. The first kappa shape index (κ1) is 12.5. The highest BCUT2D eigenvalue weighted by atomic mass is 16.4. The first-order valence-corrected chi connectivity index (χ1v) is 4.24. The van der Waals surface area contributed by atoms with Crippen molar-refractivity contribution in [2.75, 3.05) is 0 Å². The van der Waals surface area contributed by atoms with Crippen molar-refractivity contribution < 1.29 is 9.90 Å². The van der Waals surface area contributed by atoms with E-state index < -0.39 is 12.0 Å². The van der Waals surface area contributed by atoms with Gasteiger partial charge in [0.15, 0.2) is 0 Å². The third-order valence-electron chi connectivity index (χ3n) is 1.48. The van der Waals surface area contributed by atoms with Crippen molar-refractivity contribution >= 4 is 5.97 Å². The maximum atomic E-state index is 10.0. The molecular formula is C9H15N3O2. The number of carboxylic acid groups (broad SMARTS) is 1. The van der Waals surface area contributed by atoms with Crippen LogP contribution in [0.15, 0.2) is 24.8 Å². The summed E-state index contributed by atoms with van der Waals surface area (Å²) in [7, 11) is 0. The second kappa shape index (κ2) is 6.97. The van der Waals surface area contributed by atoms with E-state index in [-0.39, 0.29) is 5.92 Å². The van der Waals surface area contributed by atoms with Gasteiger partial charge in [-0.15, -0.1) is 0 Å². The molecule has 0 spiro atoms. The minimum absolute atomic E-state index is 0.0208. The van der Waals surface area contributed by atoms with Gasteiger partial charge in [0.25, 0.3) is 0 Å².